The molecule has 0 rings (SSSR count). The van der Waals surface area contributed by atoms with Crippen LogP contribution in [-0.4, -0.2) is 89.1 Å². The van der Waals surface area contributed by atoms with E-state index in [-0.39, 0.29) is 32.7 Å². The molecule has 8 N–H and O–H groups in total. The zero-order valence-electron chi connectivity index (χ0n) is 10.1. The first-order valence-electron chi connectivity index (χ1n) is 4.57. The number of rotatable bonds is 6. The van der Waals surface area contributed by atoms with E-state index in [0.29, 0.717) is 0 Å². The molecule has 1 radical (unpaired) electrons. The summed E-state index contributed by atoms with van der Waals surface area (Å²) in [5.41, 5.74) is 0. The van der Waals surface area contributed by atoms with Gasteiger partial charge in [0.1, 0.15) is 0 Å². The van der Waals surface area contributed by atoms with Crippen LogP contribution in [0.25, 0.3) is 0 Å². The van der Waals surface area contributed by atoms with E-state index in [4.69, 9.17) is 40.9 Å². The van der Waals surface area contributed by atoms with Gasteiger partial charge in [0.25, 0.3) is 0 Å². The van der Waals surface area contributed by atoms with Gasteiger partial charge in [-0.1, -0.05) is 0 Å². The molecule has 0 saturated heterocycles. The average Bonchev–Trinajstić information content (AvgIpc) is 2.35. The van der Waals surface area contributed by atoms with Crippen molar-refractivity contribution in [1.82, 2.24) is 0 Å². The average molecular weight is 389 g/mol. The molecule has 4 atom stereocenters. The van der Waals surface area contributed by atoms with Crippen molar-refractivity contribution < 1.29 is 92.7 Å². The van der Waals surface area contributed by atoms with Crippen LogP contribution in [0.5, 0.6) is 0 Å². The predicted octanol–water partition coefficient (Wildman–Crippen LogP) is -4.25. The minimum absolute atomic E-state index is 0. The van der Waals surface area contributed by atoms with Crippen LogP contribution >= 0.6 is 0 Å². The maximum atomic E-state index is 9.77. The molecule has 13 heteroatoms. The summed E-state index contributed by atoms with van der Waals surface area (Å²) < 4.78 is 0. The summed E-state index contributed by atoms with van der Waals surface area (Å²) in [6, 6.07) is 0. The van der Waals surface area contributed by atoms with Crippen LogP contribution in [0, 0.1) is 0 Å². The molecule has 21 heavy (non-hydrogen) atoms. The van der Waals surface area contributed by atoms with Gasteiger partial charge in [0.15, 0.2) is 24.4 Å². The van der Waals surface area contributed by atoms with Crippen molar-refractivity contribution in [2.45, 2.75) is 24.4 Å². The maximum Gasteiger partial charge on any atom is 0.335 e. The Kier molecular flexibility index (Phi) is 13.6. The molecule has 0 spiro atoms. The summed E-state index contributed by atoms with van der Waals surface area (Å²) in [7, 11) is 0. The SMILES string of the molecule is O=C(O)C(O)C(O)C(=O)O.O=C(O)C(O)C(O)C(=O)O.[Y]. The number of aliphatic hydroxyl groups excluding tert-OH is 4. The van der Waals surface area contributed by atoms with E-state index in [9.17, 15) is 19.2 Å². The third-order valence-electron chi connectivity index (χ3n) is 1.61. The smallest absolute Gasteiger partial charge is 0.335 e. The molecule has 4 unspecified atom stereocenters. The van der Waals surface area contributed by atoms with Gasteiger partial charge in [-0.25, -0.2) is 19.2 Å². The van der Waals surface area contributed by atoms with Gasteiger partial charge >= 0.3 is 23.9 Å². The van der Waals surface area contributed by atoms with Crippen LogP contribution in [0.15, 0.2) is 0 Å². The minimum Gasteiger partial charge on any atom is -0.479 e. The van der Waals surface area contributed by atoms with E-state index < -0.39 is 48.3 Å². The molecule has 0 bridgehead atoms. The largest absolute Gasteiger partial charge is 0.479 e. The second kappa shape index (κ2) is 11.5. The van der Waals surface area contributed by atoms with Gasteiger partial charge in [-0.3, -0.25) is 0 Å². The van der Waals surface area contributed by atoms with Crippen LogP contribution < -0.4 is 0 Å². The van der Waals surface area contributed by atoms with Gasteiger partial charge in [0.2, 0.25) is 0 Å². The maximum absolute atomic E-state index is 9.77. The van der Waals surface area contributed by atoms with E-state index in [2.05, 4.69) is 0 Å². The fourth-order valence-electron chi connectivity index (χ4n) is 0.540. The Bertz CT molecular complexity index is 309. The molecule has 0 aromatic rings. The van der Waals surface area contributed by atoms with Crippen molar-refractivity contribution in [2.24, 2.45) is 0 Å². The van der Waals surface area contributed by atoms with Crippen molar-refractivity contribution in [2.75, 3.05) is 0 Å². The molecular weight excluding hydrogens is 377 g/mol. The summed E-state index contributed by atoms with van der Waals surface area (Å²) in [5, 5.41) is 65.1. The van der Waals surface area contributed by atoms with Crippen LogP contribution in [0.4, 0.5) is 0 Å². The second-order valence-electron chi connectivity index (χ2n) is 3.13. The molecule has 12 nitrogen and oxygen atoms in total. The molecule has 0 aromatic heterocycles. The number of carbonyl (C=O) groups is 4. The molecule has 0 aliphatic carbocycles. The van der Waals surface area contributed by atoms with E-state index in [0.717, 1.165) is 0 Å². The van der Waals surface area contributed by atoms with Gasteiger partial charge in [0.05, 0.1) is 0 Å². The second-order valence-corrected chi connectivity index (χ2v) is 3.13. The number of carboxylic acids is 4. The van der Waals surface area contributed by atoms with Gasteiger partial charge in [-0.2, -0.15) is 0 Å². The van der Waals surface area contributed by atoms with Gasteiger partial charge in [-0.05, 0) is 0 Å². The van der Waals surface area contributed by atoms with Crippen LogP contribution in [-0.2, 0) is 51.9 Å². The van der Waals surface area contributed by atoms with Crippen molar-refractivity contribution >= 4 is 23.9 Å². The van der Waals surface area contributed by atoms with Gasteiger partial charge < -0.3 is 40.9 Å². The molecule has 0 fully saturated rings. The van der Waals surface area contributed by atoms with Crippen molar-refractivity contribution in [3.05, 3.63) is 0 Å². The summed E-state index contributed by atoms with van der Waals surface area (Å²) >= 11 is 0. The summed E-state index contributed by atoms with van der Waals surface area (Å²) in [6.45, 7) is 0. The molecule has 0 aromatic carbocycles. The topological polar surface area (TPSA) is 230 Å². The number of aliphatic carboxylic acids is 4. The van der Waals surface area contributed by atoms with E-state index >= 15 is 0 Å². The quantitative estimate of drug-likeness (QED) is 0.216. The van der Waals surface area contributed by atoms with E-state index in [1.165, 1.54) is 0 Å². The summed E-state index contributed by atoms with van der Waals surface area (Å²) in [4.78, 5) is 39.1. The summed E-state index contributed by atoms with van der Waals surface area (Å²) in [5.74, 6) is -7.07. The number of aliphatic hydroxyl groups is 4. The Morgan fingerprint density at radius 2 is 0.571 bits per heavy atom. The molecular formula is C8H12O12Y. The van der Waals surface area contributed by atoms with Crippen molar-refractivity contribution in [3.8, 4) is 0 Å². The first-order valence-corrected chi connectivity index (χ1v) is 4.57. The van der Waals surface area contributed by atoms with Crippen LogP contribution in [0.1, 0.15) is 0 Å². The first-order chi connectivity index (χ1) is 8.93. The Hall–Kier alpha value is -1.18. The zero-order valence-corrected chi connectivity index (χ0v) is 12.9. The number of hydrogen-bond donors (Lipinski definition) is 8. The molecule has 119 valence electrons. The van der Waals surface area contributed by atoms with Gasteiger partial charge in [0, 0.05) is 32.7 Å². The Morgan fingerprint density at radius 3 is 0.619 bits per heavy atom. The Labute approximate surface area is 141 Å². The van der Waals surface area contributed by atoms with Crippen LogP contribution in [0.2, 0.25) is 0 Å². The monoisotopic (exact) mass is 389 g/mol. The minimum atomic E-state index is -2.27. The zero-order chi connectivity index (χ0) is 16.6. The van der Waals surface area contributed by atoms with Crippen molar-refractivity contribution in [3.63, 3.8) is 0 Å². The Balaban J connectivity index is -0.000000295. The molecule has 0 heterocycles. The summed E-state index contributed by atoms with van der Waals surface area (Å²) in [6.07, 6.45) is -9.06. The molecule has 0 saturated carbocycles. The number of carboxylic acid groups (broad SMARTS) is 4. The standard InChI is InChI=1S/2C4H6O6.Y/c2*5-1(3(7)8)2(6)4(9)10;/h2*1-2,5-6H,(H,7,8)(H,9,10);. The molecule has 0 aliphatic heterocycles. The molecule has 0 aliphatic rings. The fraction of sp³-hybridized carbons (Fsp3) is 0.500. The van der Waals surface area contributed by atoms with E-state index in [1.807, 2.05) is 0 Å². The van der Waals surface area contributed by atoms with Crippen LogP contribution in [0.3, 0.4) is 0 Å². The van der Waals surface area contributed by atoms with Crippen molar-refractivity contribution in [1.29, 1.82) is 0 Å². The third kappa shape index (κ3) is 10.2. The number of hydrogen-bond acceptors (Lipinski definition) is 8. The Morgan fingerprint density at radius 1 is 0.476 bits per heavy atom. The fourth-order valence-corrected chi connectivity index (χ4v) is 0.540. The predicted molar refractivity (Wildman–Crippen MR) is 54.6 cm³/mol. The first kappa shape index (κ1) is 24.8. The van der Waals surface area contributed by atoms with E-state index in [1.54, 1.807) is 0 Å². The van der Waals surface area contributed by atoms with Gasteiger partial charge in [-0.15, -0.1) is 0 Å². The normalized spacial score (nSPS) is 15.0. The molecule has 0 amide bonds. The third-order valence-corrected chi connectivity index (χ3v) is 1.61.